The van der Waals surface area contributed by atoms with Gasteiger partial charge in [-0.3, -0.25) is 4.79 Å². The van der Waals surface area contributed by atoms with Crippen LogP contribution < -0.4 is 10.6 Å². The molecule has 1 aliphatic heterocycles. The van der Waals surface area contributed by atoms with E-state index in [1.54, 1.807) is 6.92 Å². The Hall–Kier alpha value is -1.55. The molecule has 1 aromatic carbocycles. The molecule has 0 fully saturated rings. The van der Waals surface area contributed by atoms with E-state index in [0.717, 1.165) is 11.3 Å². The molecule has 0 radical (unpaired) electrons. The van der Waals surface area contributed by atoms with E-state index in [4.69, 9.17) is 5.11 Å². The van der Waals surface area contributed by atoms with E-state index in [2.05, 4.69) is 10.6 Å². The highest BCUT2D eigenvalue weighted by atomic mass is 16.3. The molecule has 3 N–H and O–H groups in total. The fourth-order valence-corrected chi connectivity index (χ4v) is 1.91. The van der Waals surface area contributed by atoms with E-state index in [-0.39, 0.29) is 24.5 Å². The Morgan fingerprint density at radius 2 is 2.38 bits per heavy atom. The molecule has 86 valence electrons. The fourth-order valence-electron chi connectivity index (χ4n) is 1.91. The largest absolute Gasteiger partial charge is 0.394 e. The summed E-state index contributed by atoms with van der Waals surface area (Å²) in [6, 6.07) is 7.62. The van der Waals surface area contributed by atoms with Crippen molar-refractivity contribution in [2.75, 3.05) is 18.5 Å². The first-order valence-electron chi connectivity index (χ1n) is 5.46. The van der Waals surface area contributed by atoms with Crippen molar-refractivity contribution in [2.24, 2.45) is 0 Å². The summed E-state index contributed by atoms with van der Waals surface area (Å²) in [6.45, 7) is 2.38. The molecule has 0 saturated carbocycles. The molecule has 0 aliphatic carbocycles. The summed E-state index contributed by atoms with van der Waals surface area (Å²) < 4.78 is 0. The third-order valence-electron chi connectivity index (χ3n) is 2.81. The molecule has 0 aromatic heterocycles. The Balaban J connectivity index is 2.10. The quantitative estimate of drug-likeness (QED) is 0.702. The molecular weight excluding hydrogens is 204 g/mol. The molecule has 1 amide bonds. The van der Waals surface area contributed by atoms with E-state index in [1.807, 2.05) is 24.3 Å². The van der Waals surface area contributed by atoms with Crippen molar-refractivity contribution in [3.05, 3.63) is 29.8 Å². The summed E-state index contributed by atoms with van der Waals surface area (Å²) in [7, 11) is 0. The van der Waals surface area contributed by atoms with Crippen LogP contribution in [-0.4, -0.2) is 30.2 Å². The number of hydrogen-bond acceptors (Lipinski definition) is 3. The maximum atomic E-state index is 11.9. The lowest BCUT2D eigenvalue weighted by Crippen LogP contribution is -2.38. The van der Waals surface area contributed by atoms with E-state index in [9.17, 15) is 4.79 Å². The van der Waals surface area contributed by atoms with Crippen LogP contribution in [0.3, 0.4) is 0 Å². The average Bonchev–Trinajstić information content (AvgIpc) is 2.72. The Bertz CT molecular complexity index is 392. The summed E-state index contributed by atoms with van der Waals surface area (Å²) in [5, 5.41) is 14.9. The molecule has 0 bridgehead atoms. The van der Waals surface area contributed by atoms with Crippen molar-refractivity contribution in [3.63, 3.8) is 0 Å². The summed E-state index contributed by atoms with van der Waals surface area (Å²) in [5.74, 6) is -0.177. The highest BCUT2D eigenvalue weighted by molar-refractivity contribution is 5.88. The van der Waals surface area contributed by atoms with Gasteiger partial charge >= 0.3 is 0 Å². The number of anilines is 1. The number of fused-ring (bicyclic) bond motifs is 1. The smallest absolute Gasteiger partial charge is 0.229 e. The van der Waals surface area contributed by atoms with Crippen LogP contribution in [0.4, 0.5) is 5.69 Å². The van der Waals surface area contributed by atoms with Crippen molar-refractivity contribution in [3.8, 4) is 0 Å². The molecule has 1 aromatic rings. The van der Waals surface area contributed by atoms with Gasteiger partial charge in [0.15, 0.2) is 0 Å². The van der Waals surface area contributed by atoms with Crippen LogP contribution in [0.2, 0.25) is 0 Å². The number of carbonyl (C=O) groups is 1. The standard InChI is InChI=1S/C12H16N2O2/c1-8(7-15)14-12(16)10-6-13-11-5-3-2-4-9(10)11/h2-5,8,10,13,15H,6-7H2,1H3,(H,14,16)/t8-,10?/m0/s1. The number of benzene rings is 1. The molecule has 0 spiro atoms. The number of carbonyl (C=O) groups excluding carboxylic acids is 1. The minimum atomic E-state index is -0.194. The molecule has 16 heavy (non-hydrogen) atoms. The molecule has 0 saturated heterocycles. The normalized spacial score (nSPS) is 19.8. The summed E-state index contributed by atoms with van der Waals surface area (Å²) in [4.78, 5) is 11.9. The van der Waals surface area contributed by atoms with Gasteiger partial charge in [0.05, 0.1) is 12.5 Å². The number of hydrogen-bond donors (Lipinski definition) is 3. The number of aliphatic hydroxyl groups is 1. The zero-order chi connectivity index (χ0) is 11.5. The van der Waals surface area contributed by atoms with Gasteiger partial charge in [-0.05, 0) is 18.6 Å². The first kappa shape index (κ1) is 11.0. The molecule has 2 atom stereocenters. The lowest BCUT2D eigenvalue weighted by molar-refractivity contribution is -0.123. The van der Waals surface area contributed by atoms with Gasteiger partial charge in [0, 0.05) is 18.3 Å². The molecule has 1 unspecified atom stereocenters. The predicted octanol–water partition coefficient (Wildman–Crippen LogP) is 0.693. The first-order valence-corrected chi connectivity index (χ1v) is 5.46. The number of para-hydroxylation sites is 1. The maximum absolute atomic E-state index is 11.9. The average molecular weight is 220 g/mol. The molecule has 2 rings (SSSR count). The molecular formula is C12H16N2O2. The monoisotopic (exact) mass is 220 g/mol. The van der Waals surface area contributed by atoms with Gasteiger partial charge in [0.1, 0.15) is 0 Å². The second kappa shape index (κ2) is 4.53. The van der Waals surface area contributed by atoms with Gasteiger partial charge in [0.25, 0.3) is 0 Å². The Morgan fingerprint density at radius 3 is 3.12 bits per heavy atom. The van der Waals surface area contributed by atoms with Crippen molar-refractivity contribution >= 4 is 11.6 Å². The van der Waals surface area contributed by atoms with E-state index in [1.165, 1.54) is 0 Å². The molecule has 1 aliphatic rings. The Labute approximate surface area is 94.7 Å². The number of nitrogens with one attached hydrogen (secondary N) is 2. The van der Waals surface area contributed by atoms with Gasteiger partial charge < -0.3 is 15.7 Å². The van der Waals surface area contributed by atoms with Crippen LogP contribution >= 0.6 is 0 Å². The van der Waals surface area contributed by atoms with E-state index >= 15 is 0 Å². The number of rotatable bonds is 3. The second-order valence-electron chi connectivity index (χ2n) is 4.11. The van der Waals surface area contributed by atoms with Crippen LogP contribution in [0.1, 0.15) is 18.4 Å². The molecule has 4 nitrogen and oxygen atoms in total. The van der Waals surface area contributed by atoms with Gasteiger partial charge in [0.2, 0.25) is 5.91 Å². The minimum Gasteiger partial charge on any atom is -0.394 e. The van der Waals surface area contributed by atoms with Crippen LogP contribution in [0.15, 0.2) is 24.3 Å². The lowest BCUT2D eigenvalue weighted by Gasteiger charge is -2.15. The first-order chi connectivity index (χ1) is 7.72. The van der Waals surface area contributed by atoms with Crippen molar-refractivity contribution in [1.82, 2.24) is 5.32 Å². The Kier molecular flexibility index (Phi) is 3.10. The number of aliphatic hydroxyl groups excluding tert-OH is 1. The topological polar surface area (TPSA) is 61.4 Å². The summed E-state index contributed by atoms with van der Waals surface area (Å²) in [6.07, 6.45) is 0. The predicted molar refractivity (Wildman–Crippen MR) is 62.4 cm³/mol. The lowest BCUT2D eigenvalue weighted by atomic mass is 10.0. The van der Waals surface area contributed by atoms with Crippen LogP contribution in [0.5, 0.6) is 0 Å². The van der Waals surface area contributed by atoms with Gasteiger partial charge in [-0.1, -0.05) is 18.2 Å². The third-order valence-corrected chi connectivity index (χ3v) is 2.81. The van der Waals surface area contributed by atoms with Crippen molar-refractivity contribution < 1.29 is 9.90 Å². The van der Waals surface area contributed by atoms with Crippen molar-refractivity contribution in [1.29, 1.82) is 0 Å². The zero-order valence-electron chi connectivity index (χ0n) is 9.23. The van der Waals surface area contributed by atoms with Crippen LogP contribution in [0.25, 0.3) is 0 Å². The van der Waals surface area contributed by atoms with E-state index < -0.39 is 0 Å². The summed E-state index contributed by atoms with van der Waals surface area (Å²) in [5.41, 5.74) is 2.06. The van der Waals surface area contributed by atoms with Crippen molar-refractivity contribution in [2.45, 2.75) is 18.9 Å². The third kappa shape index (κ3) is 2.02. The maximum Gasteiger partial charge on any atom is 0.229 e. The second-order valence-corrected chi connectivity index (χ2v) is 4.11. The fraction of sp³-hybridized carbons (Fsp3) is 0.417. The number of amides is 1. The van der Waals surface area contributed by atoms with E-state index in [0.29, 0.717) is 6.54 Å². The molecule has 1 heterocycles. The SMILES string of the molecule is C[C@@H](CO)NC(=O)C1CNc2ccccc21. The van der Waals surface area contributed by atoms with Gasteiger partial charge in [-0.15, -0.1) is 0 Å². The molecule has 4 heteroatoms. The highest BCUT2D eigenvalue weighted by Gasteiger charge is 2.28. The minimum absolute atomic E-state index is 0.0287. The summed E-state index contributed by atoms with van der Waals surface area (Å²) >= 11 is 0. The van der Waals surface area contributed by atoms with Crippen LogP contribution in [0, 0.1) is 0 Å². The van der Waals surface area contributed by atoms with Gasteiger partial charge in [-0.2, -0.15) is 0 Å². The van der Waals surface area contributed by atoms with Crippen LogP contribution in [-0.2, 0) is 4.79 Å². The highest BCUT2D eigenvalue weighted by Crippen LogP contribution is 2.30. The Morgan fingerprint density at radius 1 is 1.62 bits per heavy atom. The zero-order valence-corrected chi connectivity index (χ0v) is 9.23. The van der Waals surface area contributed by atoms with Gasteiger partial charge in [-0.25, -0.2) is 0 Å².